The third-order valence-electron chi connectivity index (χ3n) is 1.91. The minimum absolute atomic E-state index is 0.174. The normalized spacial score (nSPS) is 11.7. The molecule has 0 saturated heterocycles. The van der Waals surface area contributed by atoms with Crippen molar-refractivity contribution in [3.63, 3.8) is 0 Å². The number of alkyl halides is 3. The summed E-state index contributed by atoms with van der Waals surface area (Å²) in [5, 5.41) is 0. The number of anilines is 1. The molecule has 9 heteroatoms. The number of nitrogens with two attached hydrogens (primary N) is 1. The molecule has 0 bridgehead atoms. The second-order valence-corrected chi connectivity index (χ2v) is 3.71. The van der Waals surface area contributed by atoms with Crippen LogP contribution in [0.5, 0.6) is 5.88 Å². The van der Waals surface area contributed by atoms with Gasteiger partial charge < -0.3 is 9.64 Å². The topological polar surface area (TPSA) is 76.3 Å². The number of rotatable bonds is 5. The Hall–Kier alpha value is -1.61. The van der Waals surface area contributed by atoms with Crippen molar-refractivity contribution >= 4 is 5.95 Å². The summed E-state index contributed by atoms with van der Waals surface area (Å²) < 4.78 is 42.6. The number of hydrogen-bond donors (Lipinski definition) is 2. The monoisotopic (exact) mass is 265 g/mol. The fourth-order valence-electron chi connectivity index (χ4n) is 1.04. The van der Waals surface area contributed by atoms with Crippen LogP contribution in [0.3, 0.4) is 0 Å². The molecule has 0 aliphatic carbocycles. The minimum Gasteiger partial charge on any atom is -0.476 e. The van der Waals surface area contributed by atoms with Crippen molar-refractivity contribution < 1.29 is 17.9 Å². The van der Waals surface area contributed by atoms with Crippen LogP contribution in [0.4, 0.5) is 19.1 Å². The van der Waals surface area contributed by atoms with Crippen molar-refractivity contribution in [1.29, 1.82) is 0 Å². The van der Waals surface area contributed by atoms with Crippen LogP contribution < -0.4 is 16.0 Å². The first kappa shape index (κ1) is 14.5. The molecular formula is C9H14F3N5O. The third kappa shape index (κ3) is 4.34. The Balaban J connectivity index is 2.84. The number of nitrogens with zero attached hydrogens (tertiary/aromatic N) is 3. The molecule has 102 valence electrons. The molecule has 0 fully saturated rings. The molecule has 1 heterocycles. The van der Waals surface area contributed by atoms with Gasteiger partial charge in [-0.05, 0) is 14.1 Å². The molecule has 0 unspecified atom stereocenters. The van der Waals surface area contributed by atoms with Gasteiger partial charge in [-0.3, -0.25) is 5.43 Å². The Labute approximate surface area is 102 Å². The number of ether oxygens (including phenoxy) is 1. The Morgan fingerprint density at radius 3 is 2.56 bits per heavy atom. The number of nitrogen functional groups attached to an aromatic ring is 1. The SMILES string of the molecule is CN(C)CCOc1cc(C(F)(F)F)nc(NN)n1. The number of likely N-dealkylation sites (N-methyl/N-ethyl adjacent to an activating group) is 1. The van der Waals surface area contributed by atoms with E-state index in [9.17, 15) is 13.2 Å². The molecule has 0 spiro atoms. The summed E-state index contributed by atoms with van der Waals surface area (Å²) >= 11 is 0. The summed E-state index contributed by atoms with van der Waals surface area (Å²) in [7, 11) is 3.63. The van der Waals surface area contributed by atoms with Crippen molar-refractivity contribution in [2.24, 2.45) is 5.84 Å². The quantitative estimate of drug-likeness (QED) is 0.603. The van der Waals surface area contributed by atoms with Crippen LogP contribution in [0, 0.1) is 0 Å². The van der Waals surface area contributed by atoms with Crippen molar-refractivity contribution in [2.75, 3.05) is 32.7 Å². The zero-order chi connectivity index (χ0) is 13.8. The maximum atomic E-state index is 12.5. The van der Waals surface area contributed by atoms with Crippen LogP contribution in [0.2, 0.25) is 0 Å². The van der Waals surface area contributed by atoms with Crippen LogP contribution in [0.25, 0.3) is 0 Å². The Bertz CT molecular complexity index is 396. The van der Waals surface area contributed by atoms with Gasteiger partial charge in [-0.2, -0.15) is 18.2 Å². The van der Waals surface area contributed by atoms with E-state index in [1.807, 2.05) is 24.4 Å². The van der Waals surface area contributed by atoms with Crippen LogP contribution in [0.1, 0.15) is 5.69 Å². The highest BCUT2D eigenvalue weighted by Crippen LogP contribution is 2.30. The predicted molar refractivity (Wildman–Crippen MR) is 58.9 cm³/mol. The zero-order valence-corrected chi connectivity index (χ0v) is 9.95. The highest BCUT2D eigenvalue weighted by molar-refractivity contribution is 5.30. The van der Waals surface area contributed by atoms with Gasteiger partial charge in [-0.15, -0.1) is 0 Å². The summed E-state index contributed by atoms with van der Waals surface area (Å²) in [6, 6.07) is 0.733. The molecule has 0 amide bonds. The Kier molecular flexibility index (Phi) is 4.68. The maximum Gasteiger partial charge on any atom is 0.433 e. The first-order valence-electron chi connectivity index (χ1n) is 5.03. The molecule has 6 nitrogen and oxygen atoms in total. The van der Waals surface area contributed by atoms with Crippen molar-refractivity contribution in [1.82, 2.24) is 14.9 Å². The Morgan fingerprint density at radius 2 is 2.06 bits per heavy atom. The Morgan fingerprint density at radius 1 is 1.39 bits per heavy atom. The largest absolute Gasteiger partial charge is 0.476 e. The van der Waals surface area contributed by atoms with Crippen molar-refractivity contribution in [3.8, 4) is 5.88 Å². The molecule has 0 aliphatic heterocycles. The van der Waals surface area contributed by atoms with E-state index < -0.39 is 11.9 Å². The van der Waals surface area contributed by atoms with Gasteiger partial charge in [-0.25, -0.2) is 10.8 Å². The average Bonchev–Trinajstić information content (AvgIpc) is 2.27. The van der Waals surface area contributed by atoms with Gasteiger partial charge >= 0.3 is 6.18 Å². The summed E-state index contributed by atoms with van der Waals surface area (Å²) in [6.07, 6.45) is -4.58. The van der Waals surface area contributed by atoms with Gasteiger partial charge in [0.15, 0.2) is 5.69 Å². The second kappa shape index (κ2) is 5.83. The summed E-state index contributed by atoms with van der Waals surface area (Å²) in [4.78, 5) is 8.71. The van der Waals surface area contributed by atoms with E-state index in [2.05, 4.69) is 9.97 Å². The first-order valence-corrected chi connectivity index (χ1v) is 5.03. The van der Waals surface area contributed by atoms with E-state index in [0.717, 1.165) is 6.07 Å². The van der Waals surface area contributed by atoms with Gasteiger partial charge in [0, 0.05) is 12.6 Å². The van der Waals surface area contributed by atoms with Crippen LogP contribution in [0.15, 0.2) is 6.07 Å². The number of halogens is 3. The fraction of sp³-hybridized carbons (Fsp3) is 0.556. The molecule has 3 N–H and O–H groups in total. The molecule has 1 aromatic rings. The first-order chi connectivity index (χ1) is 8.32. The summed E-state index contributed by atoms with van der Waals surface area (Å²) in [5.41, 5.74) is 0.860. The van der Waals surface area contributed by atoms with Gasteiger partial charge in [0.25, 0.3) is 0 Å². The van der Waals surface area contributed by atoms with Crippen LogP contribution in [-0.4, -0.2) is 42.1 Å². The van der Waals surface area contributed by atoms with Crippen molar-refractivity contribution in [2.45, 2.75) is 6.18 Å². The minimum atomic E-state index is -4.58. The van der Waals surface area contributed by atoms with Gasteiger partial charge in [0.05, 0.1) is 0 Å². The molecule has 0 radical (unpaired) electrons. The highest BCUT2D eigenvalue weighted by Gasteiger charge is 2.34. The maximum absolute atomic E-state index is 12.5. The second-order valence-electron chi connectivity index (χ2n) is 3.71. The van der Waals surface area contributed by atoms with E-state index >= 15 is 0 Å². The lowest BCUT2D eigenvalue weighted by molar-refractivity contribution is -0.141. The lowest BCUT2D eigenvalue weighted by Gasteiger charge is -2.12. The van der Waals surface area contributed by atoms with Gasteiger partial charge in [-0.1, -0.05) is 0 Å². The van der Waals surface area contributed by atoms with E-state index in [1.165, 1.54) is 0 Å². The van der Waals surface area contributed by atoms with E-state index in [0.29, 0.717) is 6.54 Å². The van der Waals surface area contributed by atoms with Crippen LogP contribution >= 0.6 is 0 Å². The third-order valence-corrected chi connectivity index (χ3v) is 1.91. The lowest BCUT2D eigenvalue weighted by atomic mass is 10.4. The predicted octanol–water partition coefficient (Wildman–Crippen LogP) is 0.721. The molecule has 0 aliphatic rings. The molecule has 1 aromatic heterocycles. The standard InChI is InChI=1S/C9H14F3N5O/c1-17(2)3-4-18-7-5-6(9(10,11)12)14-8(15-7)16-13/h5H,3-4,13H2,1-2H3,(H,14,15,16). The average molecular weight is 265 g/mol. The summed E-state index contributed by atoms with van der Waals surface area (Å²) in [6.45, 7) is 0.766. The van der Waals surface area contributed by atoms with Crippen LogP contribution in [-0.2, 0) is 6.18 Å². The smallest absolute Gasteiger partial charge is 0.433 e. The molecule has 18 heavy (non-hydrogen) atoms. The molecule has 1 rings (SSSR count). The molecule has 0 aromatic carbocycles. The van der Waals surface area contributed by atoms with Crippen molar-refractivity contribution in [3.05, 3.63) is 11.8 Å². The number of hydrazine groups is 1. The highest BCUT2D eigenvalue weighted by atomic mass is 19.4. The number of nitrogens with one attached hydrogen (secondary N) is 1. The number of hydrogen-bond acceptors (Lipinski definition) is 6. The molecule has 0 atom stereocenters. The van der Waals surface area contributed by atoms with E-state index in [4.69, 9.17) is 10.6 Å². The lowest BCUT2D eigenvalue weighted by Crippen LogP contribution is -2.21. The van der Waals surface area contributed by atoms with E-state index in [-0.39, 0.29) is 18.4 Å². The van der Waals surface area contributed by atoms with Gasteiger partial charge in [0.1, 0.15) is 6.61 Å². The summed E-state index contributed by atoms with van der Waals surface area (Å²) in [5.74, 6) is 4.48. The zero-order valence-electron chi connectivity index (χ0n) is 9.95. The fourth-order valence-corrected chi connectivity index (χ4v) is 1.04. The molecule has 0 saturated carbocycles. The van der Waals surface area contributed by atoms with E-state index in [1.54, 1.807) is 0 Å². The van der Waals surface area contributed by atoms with Gasteiger partial charge in [0.2, 0.25) is 11.8 Å². The number of aromatic nitrogens is 2. The molecular weight excluding hydrogens is 251 g/mol.